The monoisotopic (exact) mass is 305 g/mol. The van der Waals surface area contributed by atoms with E-state index in [1.54, 1.807) is 0 Å². The maximum atomic E-state index is 13.6. The molecule has 0 radical (unpaired) electrons. The number of hydrogen-bond acceptors (Lipinski definition) is 3. The number of nitrogens with one attached hydrogen (secondary N) is 1. The Morgan fingerprint density at radius 3 is 2.73 bits per heavy atom. The summed E-state index contributed by atoms with van der Waals surface area (Å²) in [6.45, 7) is 4.37. The predicted molar refractivity (Wildman–Crippen MR) is 81.4 cm³/mol. The second kappa shape index (κ2) is 6.60. The summed E-state index contributed by atoms with van der Waals surface area (Å²) in [6, 6.07) is 3.80. The number of benzene rings is 1. The van der Waals surface area contributed by atoms with Gasteiger partial charge in [0, 0.05) is 19.3 Å². The van der Waals surface area contributed by atoms with Gasteiger partial charge in [0.15, 0.2) is 0 Å². The maximum Gasteiger partial charge on any atom is 0.258 e. The van der Waals surface area contributed by atoms with Crippen LogP contribution in [-0.4, -0.2) is 27.3 Å². The van der Waals surface area contributed by atoms with E-state index in [0.29, 0.717) is 13.0 Å². The Balaban J connectivity index is 1.90. The summed E-state index contributed by atoms with van der Waals surface area (Å²) in [6.07, 6.45) is 1.50. The first-order chi connectivity index (χ1) is 10.4. The predicted octanol–water partition coefficient (Wildman–Crippen LogP) is 2.24. The molecule has 1 heterocycles. The first-order valence-corrected chi connectivity index (χ1v) is 7.16. The largest absolute Gasteiger partial charge is 0.507 e. The number of aromatic hydroxyl groups is 1. The van der Waals surface area contributed by atoms with Gasteiger partial charge >= 0.3 is 0 Å². The molecule has 1 aromatic heterocycles. The van der Waals surface area contributed by atoms with Gasteiger partial charge in [-0.15, -0.1) is 0 Å². The van der Waals surface area contributed by atoms with Crippen molar-refractivity contribution >= 4 is 5.91 Å². The molecule has 118 valence electrons. The molecule has 6 heteroatoms. The van der Waals surface area contributed by atoms with Crippen LogP contribution in [0.15, 0.2) is 18.2 Å². The lowest BCUT2D eigenvalue weighted by molar-refractivity contribution is 0.0946. The van der Waals surface area contributed by atoms with E-state index < -0.39 is 11.7 Å². The van der Waals surface area contributed by atoms with Gasteiger partial charge < -0.3 is 10.4 Å². The van der Waals surface area contributed by atoms with Crippen LogP contribution in [-0.2, 0) is 13.5 Å². The molecule has 0 aliphatic rings. The van der Waals surface area contributed by atoms with E-state index in [9.17, 15) is 14.3 Å². The number of carbonyl (C=O) groups is 1. The Morgan fingerprint density at radius 2 is 2.14 bits per heavy atom. The van der Waals surface area contributed by atoms with Crippen LogP contribution in [0.25, 0.3) is 0 Å². The standard InChI is InChI=1S/C16H20FN3O2/c1-10-12(11(2)20(3)19-10)6-5-9-18-16(22)15-13(17)7-4-8-14(15)21/h4,7-8,21H,5-6,9H2,1-3H3,(H,18,22). The van der Waals surface area contributed by atoms with Crippen molar-refractivity contribution in [2.45, 2.75) is 26.7 Å². The molecule has 2 N–H and O–H groups in total. The maximum absolute atomic E-state index is 13.6. The molecule has 0 saturated heterocycles. The van der Waals surface area contributed by atoms with E-state index in [-0.39, 0.29) is 11.3 Å². The summed E-state index contributed by atoms with van der Waals surface area (Å²) in [5.41, 5.74) is 2.95. The Morgan fingerprint density at radius 1 is 1.41 bits per heavy atom. The Kier molecular flexibility index (Phi) is 4.80. The SMILES string of the molecule is Cc1nn(C)c(C)c1CCCNC(=O)c1c(O)cccc1F. The van der Waals surface area contributed by atoms with Crippen LogP contribution >= 0.6 is 0 Å². The minimum atomic E-state index is -0.726. The molecule has 0 atom stereocenters. The summed E-state index contributed by atoms with van der Waals surface area (Å²) in [4.78, 5) is 11.9. The fourth-order valence-corrected chi connectivity index (χ4v) is 2.47. The van der Waals surface area contributed by atoms with E-state index in [4.69, 9.17) is 0 Å². The lowest BCUT2D eigenvalue weighted by Crippen LogP contribution is -2.25. The molecule has 0 saturated carbocycles. The number of carbonyl (C=O) groups excluding carboxylic acids is 1. The Hall–Kier alpha value is -2.37. The summed E-state index contributed by atoms with van der Waals surface area (Å²) < 4.78 is 15.4. The average Bonchev–Trinajstić information content (AvgIpc) is 2.69. The van der Waals surface area contributed by atoms with Crippen LogP contribution in [0.2, 0.25) is 0 Å². The number of amides is 1. The van der Waals surface area contributed by atoms with Gasteiger partial charge in [0.1, 0.15) is 17.1 Å². The van der Waals surface area contributed by atoms with Crippen molar-refractivity contribution in [2.24, 2.45) is 7.05 Å². The topological polar surface area (TPSA) is 67.2 Å². The summed E-state index contributed by atoms with van der Waals surface area (Å²) >= 11 is 0. The molecule has 5 nitrogen and oxygen atoms in total. The molecule has 0 spiro atoms. The molecule has 1 amide bonds. The summed E-state index contributed by atoms with van der Waals surface area (Å²) in [5, 5.41) is 16.5. The van der Waals surface area contributed by atoms with Crippen molar-refractivity contribution in [2.75, 3.05) is 6.54 Å². The fraction of sp³-hybridized carbons (Fsp3) is 0.375. The van der Waals surface area contributed by atoms with Gasteiger partial charge in [-0.3, -0.25) is 9.48 Å². The molecule has 0 aliphatic carbocycles. The van der Waals surface area contributed by atoms with Gasteiger partial charge in [0.25, 0.3) is 5.91 Å². The van der Waals surface area contributed by atoms with Gasteiger partial charge in [0.05, 0.1) is 5.69 Å². The highest BCUT2D eigenvalue weighted by Crippen LogP contribution is 2.19. The van der Waals surface area contributed by atoms with Crippen LogP contribution < -0.4 is 5.32 Å². The van der Waals surface area contributed by atoms with E-state index in [0.717, 1.165) is 23.9 Å². The second-order valence-corrected chi connectivity index (χ2v) is 5.27. The molecule has 1 aromatic carbocycles. The van der Waals surface area contributed by atoms with Crippen molar-refractivity contribution in [3.8, 4) is 5.75 Å². The summed E-state index contributed by atoms with van der Waals surface area (Å²) in [5.74, 6) is -1.68. The first-order valence-electron chi connectivity index (χ1n) is 7.16. The van der Waals surface area contributed by atoms with E-state index in [1.807, 2.05) is 25.6 Å². The van der Waals surface area contributed by atoms with Crippen molar-refractivity contribution in [1.29, 1.82) is 0 Å². The van der Waals surface area contributed by atoms with Crippen LogP contribution in [0.1, 0.15) is 33.7 Å². The minimum absolute atomic E-state index is 0.309. The average molecular weight is 305 g/mol. The lowest BCUT2D eigenvalue weighted by atomic mass is 10.1. The lowest BCUT2D eigenvalue weighted by Gasteiger charge is -2.08. The Labute approximate surface area is 128 Å². The van der Waals surface area contributed by atoms with Crippen molar-refractivity contribution in [3.63, 3.8) is 0 Å². The molecule has 2 aromatic rings. The number of halogens is 1. The third kappa shape index (κ3) is 3.27. The smallest absolute Gasteiger partial charge is 0.258 e. The van der Waals surface area contributed by atoms with Gasteiger partial charge in [-0.25, -0.2) is 4.39 Å². The quantitative estimate of drug-likeness (QED) is 0.833. The van der Waals surface area contributed by atoms with E-state index >= 15 is 0 Å². The number of phenolic OH excluding ortho intramolecular Hbond substituents is 1. The molecular weight excluding hydrogens is 285 g/mol. The minimum Gasteiger partial charge on any atom is -0.507 e. The number of rotatable bonds is 5. The zero-order valence-corrected chi connectivity index (χ0v) is 13.0. The highest BCUT2D eigenvalue weighted by atomic mass is 19.1. The van der Waals surface area contributed by atoms with Crippen molar-refractivity contribution < 1.29 is 14.3 Å². The highest BCUT2D eigenvalue weighted by Gasteiger charge is 2.16. The van der Waals surface area contributed by atoms with Gasteiger partial charge in [-0.1, -0.05) is 6.07 Å². The third-order valence-corrected chi connectivity index (χ3v) is 3.77. The fourth-order valence-electron chi connectivity index (χ4n) is 2.47. The molecule has 0 bridgehead atoms. The first kappa shape index (κ1) is 16.0. The Bertz CT molecular complexity index is 675. The molecular formula is C16H20FN3O2. The van der Waals surface area contributed by atoms with Crippen LogP contribution in [0.3, 0.4) is 0 Å². The zero-order chi connectivity index (χ0) is 16.3. The van der Waals surface area contributed by atoms with Crippen molar-refractivity contribution in [3.05, 3.63) is 46.5 Å². The van der Waals surface area contributed by atoms with Crippen LogP contribution in [0, 0.1) is 19.7 Å². The number of nitrogens with zero attached hydrogens (tertiary/aromatic N) is 2. The number of phenols is 1. The van der Waals surface area contributed by atoms with Crippen LogP contribution in [0.5, 0.6) is 5.75 Å². The number of aryl methyl sites for hydroxylation is 2. The third-order valence-electron chi connectivity index (χ3n) is 3.77. The second-order valence-electron chi connectivity index (χ2n) is 5.27. The van der Waals surface area contributed by atoms with Gasteiger partial charge in [0.2, 0.25) is 0 Å². The molecule has 0 fully saturated rings. The van der Waals surface area contributed by atoms with Gasteiger partial charge in [-0.2, -0.15) is 5.10 Å². The molecule has 2 rings (SSSR count). The number of hydrogen-bond donors (Lipinski definition) is 2. The van der Waals surface area contributed by atoms with Crippen molar-refractivity contribution in [1.82, 2.24) is 15.1 Å². The van der Waals surface area contributed by atoms with E-state index in [2.05, 4.69) is 10.4 Å². The summed E-state index contributed by atoms with van der Waals surface area (Å²) in [7, 11) is 1.90. The molecule has 22 heavy (non-hydrogen) atoms. The van der Waals surface area contributed by atoms with Crippen LogP contribution in [0.4, 0.5) is 4.39 Å². The highest BCUT2D eigenvalue weighted by molar-refractivity contribution is 5.97. The normalized spacial score (nSPS) is 10.7. The number of aromatic nitrogens is 2. The zero-order valence-electron chi connectivity index (χ0n) is 13.0. The van der Waals surface area contributed by atoms with E-state index in [1.165, 1.54) is 17.7 Å². The molecule has 0 unspecified atom stereocenters. The molecule has 0 aliphatic heterocycles. The van der Waals surface area contributed by atoms with Gasteiger partial charge in [-0.05, 0) is 44.4 Å².